The van der Waals surface area contributed by atoms with E-state index in [4.69, 9.17) is 11.6 Å². The largest absolute Gasteiger partial charge is 0.288 e. The number of fused-ring (bicyclic) bond motifs is 1. The van der Waals surface area contributed by atoms with Gasteiger partial charge in [0, 0.05) is 19.3 Å². The summed E-state index contributed by atoms with van der Waals surface area (Å²) < 4.78 is 28.0. The van der Waals surface area contributed by atoms with Crippen molar-refractivity contribution in [2.75, 3.05) is 7.05 Å². The molecule has 0 N–H and O–H groups in total. The summed E-state index contributed by atoms with van der Waals surface area (Å²) in [5, 5.41) is 0.0221. The monoisotopic (exact) mass is 301 g/mol. The van der Waals surface area contributed by atoms with Gasteiger partial charge in [0.05, 0.1) is 0 Å². The number of pyridine rings is 1. The van der Waals surface area contributed by atoms with Crippen molar-refractivity contribution in [1.29, 1.82) is 0 Å². The van der Waals surface area contributed by atoms with E-state index < -0.39 is 10.0 Å². The Morgan fingerprint density at radius 1 is 1.47 bits per heavy atom. The Morgan fingerprint density at radius 2 is 2.16 bits per heavy atom. The Morgan fingerprint density at radius 3 is 2.79 bits per heavy atom. The van der Waals surface area contributed by atoms with E-state index >= 15 is 0 Å². The summed E-state index contributed by atoms with van der Waals surface area (Å²) in [4.78, 5) is 4.07. The molecular weight excluding hydrogens is 286 g/mol. The third-order valence-electron chi connectivity index (χ3n) is 3.28. The number of hydrogen-bond donors (Lipinski definition) is 0. The van der Waals surface area contributed by atoms with E-state index in [0.717, 1.165) is 6.42 Å². The molecule has 0 aliphatic rings. The normalized spacial score (nSPS) is 14.2. The van der Waals surface area contributed by atoms with Crippen LogP contribution in [-0.4, -0.2) is 35.2 Å². The van der Waals surface area contributed by atoms with Gasteiger partial charge in [0.25, 0.3) is 10.0 Å². The number of rotatable bonds is 4. The van der Waals surface area contributed by atoms with E-state index in [2.05, 4.69) is 4.98 Å². The van der Waals surface area contributed by atoms with Crippen LogP contribution in [0.2, 0.25) is 5.15 Å². The second-order valence-corrected chi connectivity index (χ2v) is 6.69. The summed E-state index contributed by atoms with van der Waals surface area (Å²) in [7, 11) is -2.10. The first-order valence-corrected chi connectivity index (χ1v) is 7.82. The molecular formula is C12H16ClN3O2S. The van der Waals surface area contributed by atoms with Gasteiger partial charge in [0.15, 0.2) is 10.2 Å². The van der Waals surface area contributed by atoms with E-state index in [9.17, 15) is 8.42 Å². The molecule has 0 amide bonds. The van der Waals surface area contributed by atoms with Gasteiger partial charge >= 0.3 is 0 Å². The molecule has 5 nitrogen and oxygen atoms in total. The second-order valence-electron chi connectivity index (χ2n) is 4.42. The van der Waals surface area contributed by atoms with Gasteiger partial charge in [-0.1, -0.05) is 24.6 Å². The molecule has 0 saturated heterocycles. The van der Waals surface area contributed by atoms with Crippen LogP contribution in [0.3, 0.4) is 0 Å². The van der Waals surface area contributed by atoms with Crippen molar-refractivity contribution in [3.05, 3.63) is 29.5 Å². The van der Waals surface area contributed by atoms with E-state index in [0.29, 0.717) is 5.65 Å². The summed E-state index contributed by atoms with van der Waals surface area (Å²) in [6.45, 7) is 3.79. The van der Waals surface area contributed by atoms with Crippen molar-refractivity contribution in [2.45, 2.75) is 31.3 Å². The van der Waals surface area contributed by atoms with Crippen LogP contribution in [0, 0.1) is 0 Å². The lowest BCUT2D eigenvalue weighted by atomic mass is 10.3. The van der Waals surface area contributed by atoms with Gasteiger partial charge in [-0.25, -0.2) is 13.4 Å². The lowest BCUT2D eigenvalue weighted by Gasteiger charge is -2.22. The fraction of sp³-hybridized carbons (Fsp3) is 0.417. The first-order chi connectivity index (χ1) is 8.89. The third-order valence-corrected chi connectivity index (χ3v) is 5.65. The van der Waals surface area contributed by atoms with Crippen LogP contribution in [-0.2, 0) is 10.0 Å². The molecule has 0 aromatic carbocycles. The maximum absolute atomic E-state index is 12.6. The zero-order chi connectivity index (χ0) is 14.2. The Kier molecular flexibility index (Phi) is 3.85. The molecule has 0 spiro atoms. The maximum atomic E-state index is 12.6. The van der Waals surface area contributed by atoms with Crippen molar-refractivity contribution in [3.8, 4) is 0 Å². The molecule has 0 radical (unpaired) electrons. The number of halogens is 1. The van der Waals surface area contributed by atoms with Crippen LogP contribution in [0.25, 0.3) is 5.65 Å². The zero-order valence-electron chi connectivity index (χ0n) is 11.0. The Labute approximate surface area is 117 Å². The van der Waals surface area contributed by atoms with Crippen LogP contribution in [0.4, 0.5) is 0 Å². The summed E-state index contributed by atoms with van der Waals surface area (Å²) in [6, 6.07) is 5.14. The molecule has 0 aliphatic heterocycles. The third kappa shape index (κ3) is 2.35. The Hall–Kier alpha value is -1.11. The van der Waals surface area contributed by atoms with E-state index in [1.807, 2.05) is 13.8 Å². The van der Waals surface area contributed by atoms with Gasteiger partial charge in [0.1, 0.15) is 5.65 Å². The minimum atomic E-state index is -3.66. The zero-order valence-corrected chi connectivity index (χ0v) is 12.6. The highest BCUT2D eigenvalue weighted by atomic mass is 35.5. The van der Waals surface area contributed by atoms with E-state index in [-0.39, 0.29) is 16.2 Å². The smallest absolute Gasteiger partial charge is 0.262 e. The van der Waals surface area contributed by atoms with Crippen molar-refractivity contribution in [2.24, 2.45) is 0 Å². The fourth-order valence-electron chi connectivity index (χ4n) is 1.81. The van der Waals surface area contributed by atoms with Gasteiger partial charge in [-0.15, -0.1) is 0 Å². The molecule has 2 aromatic heterocycles. The molecule has 7 heteroatoms. The molecule has 19 heavy (non-hydrogen) atoms. The number of imidazole rings is 1. The molecule has 1 unspecified atom stereocenters. The quantitative estimate of drug-likeness (QED) is 0.871. The van der Waals surface area contributed by atoms with E-state index in [1.54, 1.807) is 31.4 Å². The van der Waals surface area contributed by atoms with E-state index in [1.165, 1.54) is 8.71 Å². The molecule has 2 aromatic rings. The van der Waals surface area contributed by atoms with Gasteiger partial charge in [-0.05, 0) is 25.5 Å². The minimum Gasteiger partial charge on any atom is -0.288 e. The summed E-state index contributed by atoms with van der Waals surface area (Å²) >= 11 is 6.01. The summed E-state index contributed by atoms with van der Waals surface area (Å²) in [5.41, 5.74) is 0.517. The minimum absolute atomic E-state index is 0.00125. The van der Waals surface area contributed by atoms with Crippen LogP contribution < -0.4 is 0 Å². The average molecular weight is 302 g/mol. The van der Waals surface area contributed by atoms with Gasteiger partial charge < -0.3 is 0 Å². The molecule has 0 aliphatic carbocycles. The predicted octanol–water partition coefficient (Wildman–Crippen LogP) is 2.41. The highest BCUT2D eigenvalue weighted by Crippen LogP contribution is 2.26. The molecule has 0 saturated carbocycles. The van der Waals surface area contributed by atoms with Crippen molar-refractivity contribution < 1.29 is 8.42 Å². The highest BCUT2D eigenvalue weighted by molar-refractivity contribution is 7.89. The average Bonchev–Trinajstić information content (AvgIpc) is 2.73. The standard InChI is InChI=1S/C12H16ClN3O2S/c1-4-9(2)15(3)19(17,18)12-11(13)14-10-7-5-6-8-16(10)12/h5-9H,4H2,1-3H3. The number of nitrogens with zero attached hydrogens (tertiary/aromatic N) is 3. The maximum Gasteiger partial charge on any atom is 0.262 e. The van der Waals surface area contributed by atoms with Crippen LogP contribution in [0.15, 0.2) is 29.4 Å². The SMILES string of the molecule is CCC(C)N(C)S(=O)(=O)c1c(Cl)nc2ccccn12. The molecule has 2 heterocycles. The van der Waals surface area contributed by atoms with Crippen molar-refractivity contribution >= 4 is 27.3 Å². The molecule has 0 fully saturated rings. The first kappa shape index (κ1) is 14.3. The van der Waals surface area contributed by atoms with Gasteiger partial charge in [-0.3, -0.25) is 4.40 Å². The Bertz CT molecular complexity index is 696. The number of hydrogen-bond acceptors (Lipinski definition) is 3. The lowest BCUT2D eigenvalue weighted by Crippen LogP contribution is -2.35. The Balaban J connectivity index is 2.64. The summed E-state index contributed by atoms with van der Waals surface area (Å²) in [5.74, 6) is 0. The number of sulfonamides is 1. The van der Waals surface area contributed by atoms with Crippen LogP contribution in [0.1, 0.15) is 20.3 Å². The van der Waals surface area contributed by atoms with Crippen molar-refractivity contribution in [3.63, 3.8) is 0 Å². The first-order valence-electron chi connectivity index (χ1n) is 6.00. The molecule has 104 valence electrons. The van der Waals surface area contributed by atoms with Crippen LogP contribution in [0.5, 0.6) is 0 Å². The lowest BCUT2D eigenvalue weighted by molar-refractivity contribution is 0.379. The summed E-state index contributed by atoms with van der Waals surface area (Å²) in [6.07, 6.45) is 2.37. The van der Waals surface area contributed by atoms with Crippen LogP contribution >= 0.6 is 11.6 Å². The second kappa shape index (κ2) is 5.11. The molecule has 2 rings (SSSR count). The predicted molar refractivity (Wildman–Crippen MR) is 74.9 cm³/mol. The number of aromatic nitrogens is 2. The van der Waals surface area contributed by atoms with Gasteiger partial charge in [-0.2, -0.15) is 4.31 Å². The highest BCUT2D eigenvalue weighted by Gasteiger charge is 2.30. The molecule has 1 atom stereocenters. The van der Waals surface area contributed by atoms with Gasteiger partial charge in [0.2, 0.25) is 0 Å². The fourth-order valence-corrected chi connectivity index (χ4v) is 3.83. The topological polar surface area (TPSA) is 54.7 Å². The molecule has 0 bridgehead atoms. The van der Waals surface area contributed by atoms with Crippen molar-refractivity contribution in [1.82, 2.24) is 13.7 Å².